The number of carbonyl (C=O) groups is 1. The number of aromatic nitrogens is 2. The Morgan fingerprint density at radius 1 is 1.38 bits per heavy atom. The van der Waals surface area contributed by atoms with Gasteiger partial charge >= 0.3 is 5.97 Å². The molecule has 128 valence electrons. The van der Waals surface area contributed by atoms with Crippen LogP contribution in [0.5, 0.6) is 0 Å². The number of likely N-dealkylation sites (tertiary alicyclic amines) is 1. The smallest absolute Gasteiger partial charge is 0.335 e. The SMILES string of the molecule is CC(C)c1noc(C2CC(O)CN2Cc2ccc(C(=O)O)cc2)n1. The van der Waals surface area contributed by atoms with E-state index in [9.17, 15) is 9.90 Å². The summed E-state index contributed by atoms with van der Waals surface area (Å²) in [7, 11) is 0. The summed E-state index contributed by atoms with van der Waals surface area (Å²) in [6, 6.07) is 6.63. The predicted molar refractivity (Wildman–Crippen MR) is 85.6 cm³/mol. The molecule has 0 amide bonds. The quantitative estimate of drug-likeness (QED) is 0.866. The Labute approximate surface area is 139 Å². The van der Waals surface area contributed by atoms with Crippen molar-refractivity contribution in [1.29, 1.82) is 0 Å². The molecule has 1 aliphatic rings. The molecule has 1 saturated heterocycles. The number of carboxylic acid groups (broad SMARTS) is 1. The van der Waals surface area contributed by atoms with Gasteiger partial charge in [-0.25, -0.2) is 4.79 Å². The number of hydrogen-bond acceptors (Lipinski definition) is 6. The van der Waals surface area contributed by atoms with E-state index in [-0.39, 0.29) is 17.5 Å². The molecule has 2 aromatic rings. The van der Waals surface area contributed by atoms with Crippen LogP contribution in [0.25, 0.3) is 0 Å². The molecular weight excluding hydrogens is 310 g/mol. The lowest BCUT2D eigenvalue weighted by molar-refractivity contribution is 0.0697. The largest absolute Gasteiger partial charge is 0.478 e. The molecule has 1 aromatic carbocycles. The molecule has 7 nitrogen and oxygen atoms in total. The van der Waals surface area contributed by atoms with Gasteiger partial charge in [0, 0.05) is 19.0 Å². The minimum absolute atomic E-state index is 0.126. The molecule has 2 unspecified atom stereocenters. The number of carboxylic acids is 1. The zero-order valence-electron chi connectivity index (χ0n) is 13.7. The highest BCUT2D eigenvalue weighted by molar-refractivity contribution is 5.87. The maximum Gasteiger partial charge on any atom is 0.335 e. The van der Waals surface area contributed by atoms with Crippen LogP contribution in [0.3, 0.4) is 0 Å². The molecule has 0 bridgehead atoms. The van der Waals surface area contributed by atoms with Crippen molar-refractivity contribution in [3.8, 4) is 0 Å². The van der Waals surface area contributed by atoms with Gasteiger partial charge in [0.1, 0.15) is 0 Å². The monoisotopic (exact) mass is 331 g/mol. The number of nitrogens with zero attached hydrogens (tertiary/aromatic N) is 3. The number of hydrogen-bond donors (Lipinski definition) is 2. The van der Waals surface area contributed by atoms with Gasteiger partial charge in [-0.15, -0.1) is 0 Å². The van der Waals surface area contributed by atoms with E-state index in [0.29, 0.717) is 31.2 Å². The fourth-order valence-corrected chi connectivity index (χ4v) is 2.92. The first-order chi connectivity index (χ1) is 11.4. The van der Waals surface area contributed by atoms with Gasteiger partial charge in [0.2, 0.25) is 5.89 Å². The topological polar surface area (TPSA) is 99.7 Å². The van der Waals surface area contributed by atoms with Crippen molar-refractivity contribution in [2.75, 3.05) is 6.54 Å². The average Bonchev–Trinajstić information content (AvgIpc) is 3.14. The van der Waals surface area contributed by atoms with Gasteiger partial charge < -0.3 is 14.7 Å². The van der Waals surface area contributed by atoms with E-state index in [0.717, 1.165) is 5.56 Å². The van der Waals surface area contributed by atoms with Crippen LogP contribution < -0.4 is 0 Å². The Morgan fingerprint density at radius 3 is 2.67 bits per heavy atom. The molecule has 1 aromatic heterocycles. The van der Waals surface area contributed by atoms with Crippen molar-refractivity contribution in [2.24, 2.45) is 0 Å². The van der Waals surface area contributed by atoms with Crippen LogP contribution in [0.15, 0.2) is 28.8 Å². The molecule has 7 heteroatoms. The fraction of sp³-hybridized carbons (Fsp3) is 0.471. The Bertz CT molecular complexity index is 711. The van der Waals surface area contributed by atoms with Crippen LogP contribution in [-0.4, -0.2) is 43.9 Å². The van der Waals surface area contributed by atoms with Crippen molar-refractivity contribution in [2.45, 2.75) is 44.9 Å². The summed E-state index contributed by atoms with van der Waals surface area (Å²) < 4.78 is 5.39. The third-order valence-corrected chi connectivity index (χ3v) is 4.23. The second-order valence-corrected chi connectivity index (χ2v) is 6.48. The number of β-amino-alcohol motifs (C(OH)–C–C–N with tert-alkyl or cyclic N) is 1. The van der Waals surface area contributed by atoms with Gasteiger partial charge in [-0.05, 0) is 24.1 Å². The minimum atomic E-state index is -0.942. The van der Waals surface area contributed by atoms with E-state index >= 15 is 0 Å². The second-order valence-electron chi connectivity index (χ2n) is 6.48. The van der Waals surface area contributed by atoms with Crippen LogP contribution in [0.1, 0.15) is 59.9 Å². The summed E-state index contributed by atoms with van der Waals surface area (Å²) >= 11 is 0. The van der Waals surface area contributed by atoms with Crippen LogP contribution >= 0.6 is 0 Å². The lowest BCUT2D eigenvalue weighted by atomic mass is 10.1. The Hall–Kier alpha value is -2.25. The summed E-state index contributed by atoms with van der Waals surface area (Å²) in [6.07, 6.45) is 0.107. The number of aliphatic hydroxyl groups excluding tert-OH is 1. The van der Waals surface area contributed by atoms with E-state index in [1.807, 2.05) is 13.8 Å². The maximum atomic E-state index is 10.9. The first-order valence-corrected chi connectivity index (χ1v) is 8.02. The number of benzene rings is 1. The van der Waals surface area contributed by atoms with E-state index in [1.165, 1.54) is 0 Å². The lowest BCUT2D eigenvalue weighted by Gasteiger charge is -2.21. The molecule has 3 rings (SSSR count). The zero-order valence-corrected chi connectivity index (χ0v) is 13.7. The number of aromatic carboxylic acids is 1. The third kappa shape index (κ3) is 3.47. The molecule has 1 aliphatic heterocycles. The highest BCUT2D eigenvalue weighted by Gasteiger charge is 2.36. The average molecular weight is 331 g/mol. The highest BCUT2D eigenvalue weighted by atomic mass is 16.5. The van der Waals surface area contributed by atoms with E-state index in [2.05, 4.69) is 15.0 Å². The molecule has 1 fully saturated rings. The summed E-state index contributed by atoms with van der Waals surface area (Å²) in [4.78, 5) is 17.5. The molecule has 0 spiro atoms. The van der Waals surface area contributed by atoms with Gasteiger partial charge in [-0.1, -0.05) is 31.1 Å². The fourth-order valence-electron chi connectivity index (χ4n) is 2.92. The van der Waals surface area contributed by atoms with Crippen molar-refractivity contribution in [3.63, 3.8) is 0 Å². The van der Waals surface area contributed by atoms with Gasteiger partial charge in [0.15, 0.2) is 5.82 Å². The van der Waals surface area contributed by atoms with E-state index in [1.54, 1.807) is 24.3 Å². The Balaban J connectivity index is 1.76. The van der Waals surface area contributed by atoms with Crippen molar-refractivity contribution in [1.82, 2.24) is 15.0 Å². The molecule has 0 saturated carbocycles. The minimum Gasteiger partial charge on any atom is -0.478 e. The maximum absolute atomic E-state index is 10.9. The van der Waals surface area contributed by atoms with Gasteiger partial charge in [0.25, 0.3) is 0 Å². The van der Waals surface area contributed by atoms with Gasteiger partial charge in [-0.2, -0.15) is 4.98 Å². The van der Waals surface area contributed by atoms with Gasteiger partial charge in [0.05, 0.1) is 17.7 Å². The molecule has 0 aliphatic carbocycles. The highest BCUT2D eigenvalue weighted by Crippen LogP contribution is 2.33. The predicted octanol–water partition coefficient (Wildman–Crippen LogP) is 2.20. The summed E-state index contributed by atoms with van der Waals surface area (Å²) in [5, 5.41) is 23.0. The second kappa shape index (κ2) is 6.70. The standard InChI is InChI=1S/C17H21N3O4/c1-10(2)15-18-16(24-19-15)14-7-13(21)9-20(14)8-11-3-5-12(6-4-11)17(22)23/h3-6,10,13-14,21H,7-9H2,1-2H3,(H,22,23). The summed E-state index contributed by atoms with van der Waals surface area (Å²) in [5.74, 6) is 0.434. The third-order valence-electron chi connectivity index (χ3n) is 4.23. The molecular formula is C17H21N3O4. The molecule has 2 atom stereocenters. The first kappa shape index (κ1) is 16.6. The van der Waals surface area contributed by atoms with Crippen molar-refractivity contribution < 1.29 is 19.5 Å². The molecule has 24 heavy (non-hydrogen) atoms. The first-order valence-electron chi connectivity index (χ1n) is 8.02. The number of rotatable bonds is 5. The van der Waals surface area contributed by atoms with Gasteiger partial charge in [-0.3, -0.25) is 4.90 Å². The van der Waals surface area contributed by atoms with E-state index in [4.69, 9.17) is 9.63 Å². The molecule has 2 heterocycles. The summed E-state index contributed by atoms with van der Waals surface area (Å²) in [6.45, 7) is 5.10. The summed E-state index contributed by atoms with van der Waals surface area (Å²) in [5.41, 5.74) is 1.23. The van der Waals surface area contributed by atoms with Crippen LogP contribution in [0.4, 0.5) is 0 Å². The normalized spacial score (nSPS) is 21.5. The van der Waals surface area contributed by atoms with E-state index < -0.39 is 12.1 Å². The molecule has 2 N–H and O–H groups in total. The van der Waals surface area contributed by atoms with Crippen LogP contribution in [0.2, 0.25) is 0 Å². The van der Waals surface area contributed by atoms with Crippen LogP contribution in [-0.2, 0) is 6.54 Å². The van der Waals surface area contributed by atoms with Crippen molar-refractivity contribution >= 4 is 5.97 Å². The Morgan fingerprint density at radius 2 is 2.08 bits per heavy atom. The molecule has 0 radical (unpaired) electrons. The zero-order chi connectivity index (χ0) is 17.3. The lowest BCUT2D eigenvalue weighted by Crippen LogP contribution is -2.24. The Kier molecular flexibility index (Phi) is 4.64. The van der Waals surface area contributed by atoms with Crippen molar-refractivity contribution in [3.05, 3.63) is 47.1 Å². The van der Waals surface area contributed by atoms with Crippen LogP contribution in [0, 0.1) is 0 Å². The number of aliphatic hydroxyl groups is 1.